The highest BCUT2D eigenvalue weighted by Crippen LogP contribution is 2.40. The van der Waals surface area contributed by atoms with Gasteiger partial charge < -0.3 is 5.73 Å². The van der Waals surface area contributed by atoms with E-state index in [1.807, 2.05) is 0 Å². The summed E-state index contributed by atoms with van der Waals surface area (Å²) in [6.07, 6.45) is 5.01. The molecule has 3 rings (SSSR count). The Balaban J connectivity index is 1.94. The molecule has 1 fully saturated rings. The number of nitrogens with two attached hydrogens (primary N) is 1. The summed E-state index contributed by atoms with van der Waals surface area (Å²) in [5.41, 5.74) is 7.75. The molecule has 0 aliphatic heterocycles. The lowest BCUT2D eigenvalue weighted by Crippen LogP contribution is -1.91. The first-order valence-electron chi connectivity index (χ1n) is 6.26. The Hall–Kier alpha value is -1.42. The highest BCUT2D eigenvalue weighted by Gasteiger charge is 2.22. The van der Waals surface area contributed by atoms with Crippen LogP contribution in [0.15, 0.2) is 24.3 Å². The molecule has 2 aromatic rings. The van der Waals surface area contributed by atoms with Crippen LogP contribution in [0.4, 0.5) is 9.39 Å². The molecule has 1 aromatic carbocycles. The third-order valence-electron chi connectivity index (χ3n) is 3.49. The Morgan fingerprint density at radius 3 is 2.50 bits per heavy atom. The van der Waals surface area contributed by atoms with Gasteiger partial charge in [0.05, 0.1) is 5.01 Å². The zero-order valence-electron chi connectivity index (χ0n) is 10.0. The molecule has 18 heavy (non-hydrogen) atoms. The molecular weight excluding hydrogens is 247 g/mol. The van der Waals surface area contributed by atoms with Crippen LogP contribution in [0.5, 0.6) is 0 Å². The van der Waals surface area contributed by atoms with E-state index < -0.39 is 0 Å². The number of nitrogen functional groups attached to an aromatic ring is 1. The minimum atomic E-state index is -0.233. The number of thiazole rings is 1. The van der Waals surface area contributed by atoms with Crippen LogP contribution in [0.2, 0.25) is 0 Å². The summed E-state index contributed by atoms with van der Waals surface area (Å²) in [5.74, 6) is 0.343. The molecular formula is C14H15FN2S. The summed E-state index contributed by atoms with van der Waals surface area (Å²) >= 11 is 1.58. The smallest absolute Gasteiger partial charge is 0.123 e. The molecule has 1 aromatic heterocycles. The number of hydrogen-bond acceptors (Lipinski definition) is 3. The van der Waals surface area contributed by atoms with Gasteiger partial charge in [0.1, 0.15) is 16.5 Å². The highest BCUT2D eigenvalue weighted by atomic mass is 32.1. The second-order valence-corrected chi connectivity index (χ2v) is 5.82. The molecule has 0 radical (unpaired) electrons. The van der Waals surface area contributed by atoms with E-state index in [1.165, 1.54) is 37.8 Å². The lowest BCUT2D eigenvalue weighted by atomic mass is 10.1. The Labute approximate surface area is 110 Å². The number of hydrogen-bond donors (Lipinski definition) is 1. The van der Waals surface area contributed by atoms with E-state index in [-0.39, 0.29) is 5.82 Å². The molecule has 0 bridgehead atoms. The molecule has 1 aliphatic rings. The van der Waals surface area contributed by atoms with Crippen molar-refractivity contribution in [2.45, 2.75) is 31.6 Å². The molecule has 0 saturated heterocycles. The Kier molecular flexibility index (Phi) is 3.04. The van der Waals surface area contributed by atoms with Gasteiger partial charge in [-0.05, 0) is 37.1 Å². The molecule has 0 atom stereocenters. The lowest BCUT2D eigenvalue weighted by molar-refractivity contribution is 0.628. The number of nitrogens with zero attached hydrogens (tertiary/aromatic N) is 1. The van der Waals surface area contributed by atoms with Gasteiger partial charge in [0.15, 0.2) is 0 Å². The fourth-order valence-electron chi connectivity index (χ4n) is 2.51. The molecule has 2 N–H and O–H groups in total. The van der Waals surface area contributed by atoms with Gasteiger partial charge in [0.25, 0.3) is 0 Å². The van der Waals surface area contributed by atoms with E-state index in [4.69, 9.17) is 5.73 Å². The lowest BCUT2D eigenvalue weighted by Gasteiger charge is -2.02. The molecule has 1 heterocycles. The largest absolute Gasteiger partial charge is 0.389 e. The van der Waals surface area contributed by atoms with Crippen LogP contribution in [-0.4, -0.2) is 4.98 Å². The number of rotatable bonds is 2. The SMILES string of the molecule is Nc1sc(C2CCCC2)nc1-c1ccc(F)cc1. The first-order chi connectivity index (χ1) is 8.74. The van der Waals surface area contributed by atoms with Crippen LogP contribution in [-0.2, 0) is 0 Å². The van der Waals surface area contributed by atoms with E-state index in [0.717, 1.165) is 21.3 Å². The van der Waals surface area contributed by atoms with Crippen LogP contribution >= 0.6 is 11.3 Å². The quantitative estimate of drug-likeness (QED) is 0.881. The second-order valence-electron chi connectivity index (χ2n) is 4.75. The Bertz CT molecular complexity index is 541. The Morgan fingerprint density at radius 2 is 1.83 bits per heavy atom. The van der Waals surface area contributed by atoms with Crippen LogP contribution in [0.3, 0.4) is 0 Å². The first-order valence-corrected chi connectivity index (χ1v) is 7.08. The summed E-state index contributed by atoms with van der Waals surface area (Å²) in [5, 5.41) is 1.88. The van der Waals surface area contributed by atoms with Crippen LogP contribution in [0.1, 0.15) is 36.6 Å². The van der Waals surface area contributed by atoms with Crippen molar-refractivity contribution in [1.82, 2.24) is 4.98 Å². The monoisotopic (exact) mass is 262 g/mol. The van der Waals surface area contributed by atoms with Gasteiger partial charge in [0, 0.05) is 11.5 Å². The normalized spacial score (nSPS) is 16.3. The van der Waals surface area contributed by atoms with Gasteiger partial charge >= 0.3 is 0 Å². The minimum Gasteiger partial charge on any atom is -0.389 e. The van der Waals surface area contributed by atoms with Crippen molar-refractivity contribution < 1.29 is 4.39 Å². The van der Waals surface area contributed by atoms with Gasteiger partial charge in [-0.2, -0.15) is 0 Å². The summed E-state index contributed by atoms with van der Waals surface area (Å²) in [7, 11) is 0. The third kappa shape index (κ3) is 2.12. The van der Waals surface area contributed by atoms with Crippen LogP contribution in [0.25, 0.3) is 11.3 Å². The molecule has 0 spiro atoms. The third-order valence-corrected chi connectivity index (χ3v) is 4.54. The summed E-state index contributed by atoms with van der Waals surface area (Å²) < 4.78 is 12.9. The predicted molar refractivity (Wildman–Crippen MR) is 73.1 cm³/mol. The molecule has 0 amide bonds. The zero-order chi connectivity index (χ0) is 12.5. The van der Waals surface area contributed by atoms with Gasteiger partial charge in [-0.25, -0.2) is 9.37 Å². The summed E-state index contributed by atoms with van der Waals surface area (Å²) in [4.78, 5) is 4.66. The average molecular weight is 262 g/mol. The number of anilines is 1. The van der Waals surface area contributed by atoms with Gasteiger partial charge in [-0.3, -0.25) is 0 Å². The van der Waals surface area contributed by atoms with Gasteiger partial charge in [-0.1, -0.05) is 12.8 Å². The fraction of sp³-hybridized carbons (Fsp3) is 0.357. The molecule has 94 valence electrons. The molecule has 2 nitrogen and oxygen atoms in total. The standard InChI is InChI=1S/C14H15FN2S/c15-11-7-5-9(6-8-11)12-13(16)18-14(17-12)10-3-1-2-4-10/h5-8,10H,1-4,16H2. The summed E-state index contributed by atoms with van der Waals surface area (Å²) in [6.45, 7) is 0. The summed E-state index contributed by atoms with van der Waals surface area (Å²) in [6, 6.07) is 6.37. The van der Waals surface area contributed by atoms with Crippen molar-refractivity contribution in [3.05, 3.63) is 35.1 Å². The topological polar surface area (TPSA) is 38.9 Å². The highest BCUT2D eigenvalue weighted by molar-refractivity contribution is 7.16. The van der Waals surface area contributed by atoms with Crippen molar-refractivity contribution in [2.24, 2.45) is 0 Å². The van der Waals surface area contributed by atoms with Gasteiger partial charge in [0.2, 0.25) is 0 Å². The maximum absolute atomic E-state index is 12.9. The van der Waals surface area contributed by atoms with Crippen LogP contribution in [0, 0.1) is 5.82 Å². The van der Waals surface area contributed by atoms with E-state index in [0.29, 0.717) is 5.92 Å². The first kappa shape index (κ1) is 11.7. The number of aromatic nitrogens is 1. The van der Waals surface area contributed by atoms with Gasteiger partial charge in [-0.15, -0.1) is 11.3 Å². The fourth-order valence-corrected chi connectivity index (χ4v) is 3.54. The van der Waals surface area contributed by atoms with E-state index in [2.05, 4.69) is 4.98 Å². The number of halogens is 1. The molecule has 1 aliphatic carbocycles. The second kappa shape index (κ2) is 4.69. The van der Waals surface area contributed by atoms with E-state index in [9.17, 15) is 4.39 Å². The van der Waals surface area contributed by atoms with Crippen molar-refractivity contribution in [2.75, 3.05) is 5.73 Å². The van der Waals surface area contributed by atoms with Crippen LogP contribution < -0.4 is 5.73 Å². The number of benzene rings is 1. The zero-order valence-corrected chi connectivity index (χ0v) is 10.8. The minimum absolute atomic E-state index is 0.233. The Morgan fingerprint density at radius 1 is 1.17 bits per heavy atom. The molecule has 4 heteroatoms. The maximum atomic E-state index is 12.9. The molecule has 0 unspecified atom stereocenters. The maximum Gasteiger partial charge on any atom is 0.123 e. The van der Waals surface area contributed by atoms with E-state index >= 15 is 0 Å². The average Bonchev–Trinajstić information content (AvgIpc) is 2.99. The predicted octanol–water partition coefficient (Wildman–Crippen LogP) is 4.19. The molecule has 1 saturated carbocycles. The van der Waals surface area contributed by atoms with Crippen molar-refractivity contribution in [1.29, 1.82) is 0 Å². The van der Waals surface area contributed by atoms with Crippen molar-refractivity contribution in [3.8, 4) is 11.3 Å². The van der Waals surface area contributed by atoms with E-state index in [1.54, 1.807) is 23.5 Å². The van der Waals surface area contributed by atoms with Crippen molar-refractivity contribution >= 4 is 16.3 Å². The van der Waals surface area contributed by atoms with Crippen molar-refractivity contribution in [3.63, 3.8) is 0 Å².